The van der Waals surface area contributed by atoms with Gasteiger partial charge in [-0.2, -0.15) is 5.10 Å². The number of nitrogens with one attached hydrogen (secondary N) is 1. The summed E-state index contributed by atoms with van der Waals surface area (Å²) in [7, 11) is -3.83. The van der Waals surface area contributed by atoms with Crippen LogP contribution in [0, 0.1) is 5.82 Å². The number of benzene rings is 2. The maximum atomic E-state index is 13.0. The average molecular weight is 402 g/mol. The smallest absolute Gasteiger partial charge is 0.276 e. The van der Waals surface area contributed by atoms with Gasteiger partial charge in [-0.25, -0.2) is 22.6 Å². The molecule has 1 amide bonds. The molecule has 0 fully saturated rings. The summed E-state index contributed by atoms with van der Waals surface area (Å²) in [6.07, 6.45) is 0. The van der Waals surface area contributed by atoms with E-state index >= 15 is 0 Å². The SMILES string of the molecule is NS(=O)(=O)c1ccc(NC(=O)c2ccc(=O)n(Cc3ccc(F)cc3)n2)cc1. The fourth-order valence-electron chi connectivity index (χ4n) is 2.37. The van der Waals surface area contributed by atoms with E-state index in [1.807, 2.05) is 0 Å². The molecule has 0 atom stereocenters. The zero-order valence-electron chi connectivity index (χ0n) is 14.4. The highest BCUT2D eigenvalue weighted by molar-refractivity contribution is 7.89. The molecule has 8 nitrogen and oxygen atoms in total. The van der Waals surface area contributed by atoms with Crippen LogP contribution in [0.2, 0.25) is 0 Å². The fraction of sp³-hybridized carbons (Fsp3) is 0.0556. The van der Waals surface area contributed by atoms with Crippen molar-refractivity contribution in [3.8, 4) is 0 Å². The highest BCUT2D eigenvalue weighted by Crippen LogP contribution is 2.13. The van der Waals surface area contributed by atoms with E-state index in [4.69, 9.17) is 5.14 Å². The first-order valence-corrected chi connectivity index (χ1v) is 9.54. The lowest BCUT2D eigenvalue weighted by Crippen LogP contribution is -2.26. The largest absolute Gasteiger partial charge is 0.321 e. The van der Waals surface area contributed by atoms with Crippen molar-refractivity contribution < 1.29 is 17.6 Å². The molecule has 0 radical (unpaired) electrons. The second-order valence-electron chi connectivity index (χ2n) is 5.86. The van der Waals surface area contributed by atoms with E-state index in [2.05, 4.69) is 10.4 Å². The van der Waals surface area contributed by atoms with Crippen molar-refractivity contribution in [2.75, 3.05) is 5.32 Å². The van der Waals surface area contributed by atoms with E-state index in [1.54, 1.807) is 0 Å². The van der Waals surface area contributed by atoms with Crippen LogP contribution >= 0.6 is 0 Å². The number of hydrogen-bond acceptors (Lipinski definition) is 5. The number of aromatic nitrogens is 2. The van der Waals surface area contributed by atoms with Gasteiger partial charge in [0, 0.05) is 11.8 Å². The van der Waals surface area contributed by atoms with Crippen LogP contribution in [0.15, 0.2) is 70.4 Å². The first kappa shape index (κ1) is 19.4. The topological polar surface area (TPSA) is 124 Å². The fourth-order valence-corrected chi connectivity index (χ4v) is 2.88. The third-order valence-electron chi connectivity index (χ3n) is 3.79. The Balaban J connectivity index is 1.78. The first-order valence-electron chi connectivity index (χ1n) is 7.99. The number of primary sulfonamides is 1. The lowest BCUT2D eigenvalue weighted by Gasteiger charge is -2.08. The summed E-state index contributed by atoms with van der Waals surface area (Å²) >= 11 is 0. The summed E-state index contributed by atoms with van der Waals surface area (Å²) in [5.74, 6) is -0.984. The lowest BCUT2D eigenvalue weighted by molar-refractivity contribution is 0.102. The summed E-state index contributed by atoms with van der Waals surface area (Å²) in [6, 6.07) is 13.3. The number of sulfonamides is 1. The predicted molar refractivity (Wildman–Crippen MR) is 99.8 cm³/mol. The molecular weight excluding hydrogens is 387 g/mol. The van der Waals surface area contributed by atoms with E-state index in [1.165, 1.54) is 60.7 Å². The maximum Gasteiger partial charge on any atom is 0.276 e. The van der Waals surface area contributed by atoms with Gasteiger partial charge < -0.3 is 5.32 Å². The summed E-state index contributed by atoms with van der Waals surface area (Å²) in [6.45, 7) is 0.0727. The van der Waals surface area contributed by atoms with Gasteiger partial charge in [-0.05, 0) is 48.0 Å². The number of carbonyl (C=O) groups excluding carboxylic acids is 1. The van der Waals surface area contributed by atoms with Gasteiger partial charge in [-0.15, -0.1) is 0 Å². The maximum absolute atomic E-state index is 13.0. The predicted octanol–water partition coefficient (Wildman–Crippen LogP) is 1.33. The van der Waals surface area contributed by atoms with Crippen molar-refractivity contribution in [2.24, 2.45) is 5.14 Å². The Hall–Kier alpha value is -3.37. The molecule has 144 valence electrons. The Morgan fingerprint density at radius 1 is 1.04 bits per heavy atom. The van der Waals surface area contributed by atoms with Crippen molar-refractivity contribution in [1.82, 2.24) is 9.78 Å². The normalized spacial score (nSPS) is 11.2. The minimum Gasteiger partial charge on any atom is -0.321 e. The van der Waals surface area contributed by atoms with Gasteiger partial charge in [0.15, 0.2) is 0 Å². The zero-order valence-corrected chi connectivity index (χ0v) is 15.2. The third-order valence-corrected chi connectivity index (χ3v) is 4.71. The second-order valence-corrected chi connectivity index (χ2v) is 7.43. The van der Waals surface area contributed by atoms with Crippen LogP contribution in [0.25, 0.3) is 0 Å². The van der Waals surface area contributed by atoms with Gasteiger partial charge in [-0.3, -0.25) is 9.59 Å². The van der Waals surface area contributed by atoms with Crippen LogP contribution in [-0.4, -0.2) is 24.1 Å². The van der Waals surface area contributed by atoms with E-state index in [-0.39, 0.29) is 17.1 Å². The molecule has 0 saturated heterocycles. The Morgan fingerprint density at radius 2 is 1.68 bits per heavy atom. The molecule has 3 rings (SSSR count). The Morgan fingerprint density at radius 3 is 2.29 bits per heavy atom. The molecule has 0 aliphatic rings. The zero-order chi connectivity index (χ0) is 20.3. The van der Waals surface area contributed by atoms with Crippen molar-refractivity contribution in [1.29, 1.82) is 0 Å². The monoisotopic (exact) mass is 402 g/mol. The molecule has 2 aromatic carbocycles. The number of anilines is 1. The van der Waals surface area contributed by atoms with E-state index in [9.17, 15) is 22.4 Å². The number of rotatable bonds is 5. The molecule has 0 bridgehead atoms. The van der Waals surface area contributed by atoms with Gasteiger partial charge >= 0.3 is 0 Å². The standard InChI is InChI=1S/C18H15FN4O4S/c19-13-3-1-12(2-4-13)11-23-17(24)10-9-16(22-23)18(25)21-14-5-7-15(8-6-14)28(20,26)27/h1-10H,11H2,(H,21,25)(H2,20,26,27). The molecule has 0 aliphatic heterocycles. The van der Waals surface area contributed by atoms with Crippen molar-refractivity contribution in [2.45, 2.75) is 11.4 Å². The minimum atomic E-state index is -3.83. The number of halogens is 1. The van der Waals surface area contributed by atoms with Crippen molar-refractivity contribution in [3.63, 3.8) is 0 Å². The highest BCUT2D eigenvalue weighted by atomic mass is 32.2. The number of amides is 1. The second kappa shape index (κ2) is 7.71. The average Bonchev–Trinajstić information content (AvgIpc) is 2.65. The van der Waals surface area contributed by atoms with Gasteiger partial charge in [0.2, 0.25) is 10.0 Å². The van der Waals surface area contributed by atoms with Gasteiger partial charge in [-0.1, -0.05) is 12.1 Å². The molecular formula is C18H15FN4O4S. The Kier molecular flexibility index (Phi) is 5.34. The molecule has 0 aliphatic carbocycles. The number of nitrogens with zero attached hydrogens (tertiary/aromatic N) is 2. The molecule has 1 heterocycles. The Labute approximate surface area is 159 Å². The van der Waals surface area contributed by atoms with E-state index in [0.717, 1.165) is 4.68 Å². The quantitative estimate of drug-likeness (QED) is 0.666. The highest BCUT2D eigenvalue weighted by Gasteiger charge is 2.12. The van der Waals surface area contributed by atoms with Crippen LogP contribution in [0.4, 0.5) is 10.1 Å². The molecule has 3 aromatic rings. The Bertz CT molecular complexity index is 1170. The van der Waals surface area contributed by atoms with E-state index < -0.39 is 27.3 Å². The lowest BCUT2D eigenvalue weighted by atomic mass is 10.2. The van der Waals surface area contributed by atoms with Gasteiger partial charge in [0.05, 0.1) is 11.4 Å². The summed E-state index contributed by atoms with van der Waals surface area (Å²) in [4.78, 5) is 24.3. The minimum absolute atomic E-state index is 0.0164. The van der Waals surface area contributed by atoms with E-state index in [0.29, 0.717) is 11.3 Å². The van der Waals surface area contributed by atoms with Crippen LogP contribution < -0.4 is 16.0 Å². The molecule has 1 aromatic heterocycles. The number of carbonyl (C=O) groups is 1. The molecule has 10 heteroatoms. The van der Waals surface area contributed by atoms with Crippen molar-refractivity contribution >= 4 is 21.6 Å². The van der Waals surface area contributed by atoms with Crippen LogP contribution in [0.5, 0.6) is 0 Å². The van der Waals surface area contributed by atoms with Gasteiger partial charge in [0.25, 0.3) is 11.5 Å². The molecule has 0 spiro atoms. The van der Waals surface area contributed by atoms with Crippen LogP contribution in [-0.2, 0) is 16.6 Å². The summed E-state index contributed by atoms with van der Waals surface area (Å²) < 4.78 is 36.6. The third kappa shape index (κ3) is 4.67. The van der Waals surface area contributed by atoms with Gasteiger partial charge in [0.1, 0.15) is 11.5 Å². The molecule has 0 saturated carbocycles. The molecule has 28 heavy (non-hydrogen) atoms. The summed E-state index contributed by atoms with van der Waals surface area (Å²) in [5, 5.41) is 11.6. The molecule has 3 N–H and O–H groups in total. The number of nitrogens with two attached hydrogens (primary N) is 1. The summed E-state index contributed by atoms with van der Waals surface area (Å²) in [5.41, 5.74) is 0.540. The van der Waals surface area contributed by atoms with Crippen molar-refractivity contribution in [3.05, 3.63) is 88.1 Å². The molecule has 0 unspecified atom stereocenters. The number of hydrogen-bond donors (Lipinski definition) is 2. The van der Waals surface area contributed by atoms with Crippen LogP contribution in [0.3, 0.4) is 0 Å². The van der Waals surface area contributed by atoms with Crippen LogP contribution in [0.1, 0.15) is 16.1 Å². The first-order chi connectivity index (χ1) is 13.2.